The summed E-state index contributed by atoms with van der Waals surface area (Å²) in [7, 11) is 6.85. The van der Waals surface area contributed by atoms with Crippen molar-refractivity contribution in [3.63, 3.8) is 0 Å². The lowest BCUT2D eigenvalue weighted by Gasteiger charge is -2.03. The zero-order chi connectivity index (χ0) is 24.7. The van der Waals surface area contributed by atoms with E-state index in [-0.39, 0.29) is 12.8 Å². The molecular weight excluding hydrogens is 420 g/mol. The number of hydrogen-bond acceptors (Lipinski definition) is 8. The first-order valence-electron chi connectivity index (χ1n) is 11.4. The summed E-state index contributed by atoms with van der Waals surface area (Å²) in [4.78, 5) is 20.1. The molecule has 10 heteroatoms. The van der Waals surface area contributed by atoms with E-state index >= 15 is 0 Å². The van der Waals surface area contributed by atoms with Gasteiger partial charge >= 0.3 is 0 Å². The van der Waals surface area contributed by atoms with Gasteiger partial charge in [-0.15, -0.1) is 0 Å². The van der Waals surface area contributed by atoms with Gasteiger partial charge in [0.05, 0.1) is 52.6 Å². The first-order chi connectivity index (χ1) is 15.5. The Kier molecular flexibility index (Phi) is 37.8. The van der Waals surface area contributed by atoms with Gasteiger partial charge in [0, 0.05) is 40.4 Å². The predicted octanol–water partition coefficient (Wildman–Crippen LogP) is -2.71. The van der Waals surface area contributed by atoms with E-state index in [1.807, 2.05) is 0 Å². The number of methoxy groups -OCH3 is 4. The van der Waals surface area contributed by atoms with Crippen molar-refractivity contribution in [1.82, 2.24) is 0 Å². The summed E-state index contributed by atoms with van der Waals surface area (Å²) in [5.41, 5.74) is 0. The fourth-order valence-corrected chi connectivity index (χ4v) is 2.34. The largest absolute Gasteiger partial charge is 0.550 e. The summed E-state index contributed by atoms with van der Waals surface area (Å²) < 4.78 is 19.4. The molecule has 0 fully saturated rings. The number of quaternary nitrogens is 2. The first kappa shape index (κ1) is 35.3. The second-order valence-electron chi connectivity index (χ2n) is 7.07. The van der Waals surface area contributed by atoms with Crippen LogP contribution in [0.1, 0.15) is 51.4 Å². The number of hydrogen-bond donors (Lipinski definition) is 2. The lowest BCUT2D eigenvalue weighted by atomic mass is 10.1. The molecule has 0 saturated heterocycles. The molecule has 0 spiro atoms. The predicted molar refractivity (Wildman–Crippen MR) is 118 cm³/mol. The molecule has 0 radical (unpaired) electrons. The molecule has 0 rings (SSSR count). The highest BCUT2D eigenvalue weighted by Gasteiger charge is 1.92. The number of carboxylic acids is 2. The van der Waals surface area contributed by atoms with E-state index in [0.29, 0.717) is 12.8 Å². The van der Waals surface area contributed by atoms with Gasteiger partial charge in [-0.2, -0.15) is 0 Å². The summed E-state index contributed by atoms with van der Waals surface area (Å²) in [5.74, 6) is -2.00. The molecule has 0 saturated carbocycles. The number of ether oxygens (including phenoxy) is 4. The van der Waals surface area contributed by atoms with Crippen LogP contribution in [-0.2, 0) is 28.5 Å². The highest BCUT2D eigenvalue weighted by molar-refractivity contribution is 5.64. The second-order valence-corrected chi connectivity index (χ2v) is 7.07. The highest BCUT2D eigenvalue weighted by Crippen LogP contribution is 2.07. The second kappa shape index (κ2) is 34.3. The van der Waals surface area contributed by atoms with E-state index in [9.17, 15) is 19.8 Å². The van der Waals surface area contributed by atoms with Crippen molar-refractivity contribution >= 4 is 11.9 Å². The molecule has 0 heterocycles. The van der Waals surface area contributed by atoms with E-state index in [4.69, 9.17) is 18.9 Å². The number of carbonyl (C=O) groups excluding carboxylic acids is 2. The zero-order valence-corrected chi connectivity index (χ0v) is 20.7. The molecule has 0 aliphatic rings. The fraction of sp³-hybridized carbons (Fsp3) is 0.909. The number of unbranched alkanes of at least 4 members (excludes halogenated alkanes) is 5. The van der Waals surface area contributed by atoms with E-state index in [2.05, 4.69) is 10.6 Å². The lowest BCUT2D eigenvalue weighted by molar-refractivity contribution is -0.657. The Morgan fingerprint density at radius 3 is 1.00 bits per heavy atom. The number of carbonyl (C=O) groups is 2. The molecule has 0 aliphatic carbocycles. The van der Waals surface area contributed by atoms with Crippen LogP contribution in [0.5, 0.6) is 0 Å². The van der Waals surface area contributed by atoms with Crippen molar-refractivity contribution in [2.75, 3.05) is 81.0 Å². The van der Waals surface area contributed by atoms with Crippen LogP contribution >= 0.6 is 0 Å². The molecule has 0 unspecified atom stereocenters. The Labute approximate surface area is 194 Å². The molecule has 4 N–H and O–H groups in total. The fourth-order valence-electron chi connectivity index (χ4n) is 2.34. The summed E-state index contributed by atoms with van der Waals surface area (Å²) in [6, 6.07) is 0. The quantitative estimate of drug-likeness (QED) is 0.173. The van der Waals surface area contributed by atoms with Gasteiger partial charge in [-0.1, -0.05) is 25.7 Å². The molecule has 32 heavy (non-hydrogen) atoms. The highest BCUT2D eigenvalue weighted by atomic mass is 16.5. The maximum Gasteiger partial charge on any atom is 0.0993 e. The SMILES string of the molecule is COCC[NH2+]CCOC.COCC[NH2+]CCOC.O=C([O-])CCCCCCCCC(=O)[O-]. The third-order valence-corrected chi connectivity index (χ3v) is 4.12. The average molecular weight is 469 g/mol. The third-order valence-electron chi connectivity index (χ3n) is 4.12. The lowest BCUT2D eigenvalue weighted by Crippen LogP contribution is -2.86. The monoisotopic (exact) mass is 468 g/mol. The first-order valence-corrected chi connectivity index (χ1v) is 11.4. The Bertz CT molecular complexity index is 328. The number of aliphatic carboxylic acids is 2. The van der Waals surface area contributed by atoms with Gasteiger partial charge in [0.2, 0.25) is 0 Å². The maximum absolute atomic E-state index is 10.0. The minimum absolute atomic E-state index is 0.124. The average Bonchev–Trinajstić information content (AvgIpc) is 2.76. The molecular formula is C22H48N2O8. The van der Waals surface area contributed by atoms with Gasteiger partial charge in [0.15, 0.2) is 0 Å². The minimum atomic E-state index is -0.998. The molecule has 0 aromatic heterocycles. The van der Waals surface area contributed by atoms with Crippen LogP contribution in [0.25, 0.3) is 0 Å². The molecule has 0 bridgehead atoms. The molecule has 0 aliphatic heterocycles. The number of carboxylic acid groups (broad SMARTS) is 2. The van der Waals surface area contributed by atoms with E-state index in [0.717, 1.165) is 78.3 Å². The van der Waals surface area contributed by atoms with Gasteiger partial charge in [0.25, 0.3) is 0 Å². The molecule has 10 nitrogen and oxygen atoms in total. The van der Waals surface area contributed by atoms with Crippen LogP contribution < -0.4 is 20.8 Å². The molecule has 194 valence electrons. The standard InChI is InChI=1S/C10H18O4.2C6H15NO2/c11-9(12)7-5-3-1-2-4-6-8-10(13)14;2*1-8-5-3-7-4-6-9-2/h1-8H2,(H,11,12)(H,13,14);2*7H,3-6H2,1-2H3. The van der Waals surface area contributed by atoms with Crippen LogP contribution in [0.15, 0.2) is 0 Å². The molecule has 0 aromatic rings. The number of nitrogens with two attached hydrogens (primary N) is 2. The summed E-state index contributed by atoms with van der Waals surface area (Å²) in [5, 5.41) is 24.4. The van der Waals surface area contributed by atoms with Gasteiger partial charge < -0.3 is 49.4 Å². The minimum Gasteiger partial charge on any atom is -0.550 e. The molecule has 0 atom stereocenters. The van der Waals surface area contributed by atoms with E-state index in [1.165, 1.54) is 0 Å². The summed E-state index contributed by atoms with van der Waals surface area (Å²) >= 11 is 0. The van der Waals surface area contributed by atoms with Gasteiger partial charge in [-0.05, 0) is 25.7 Å². The van der Waals surface area contributed by atoms with Crippen molar-refractivity contribution in [1.29, 1.82) is 0 Å². The van der Waals surface area contributed by atoms with Crippen LogP contribution in [0, 0.1) is 0 Å². The summed E-state index contributed by atoms with van der Waals surface area (Å²) in [6.45, 7) is 7.40. The van der Waals surface area contributed by atoms with Crippen LogP contribution in [0.3, 0.4) is 0 Å². The van der Waals surface area contributed by atoms with Crippen molar-refractivity contribution in [3.05, 3.63) is 0 Å². The van der Waals surface area contributed by atoms with Crippen molar-refractivity contribution < 1.29 is 49.4 Å². The van der Waals surface area contributed by atoms with Gasteiger partial charge in [0.1, 0.15) is 0 Å². The number of rotatable bonds is 21. The van der Waals surface area contributed by atoms with Gasteiger partial charge in [-0.25, -0.2) is 0 Å². The normalized spacial score (nSPS) is 10.0. The van der Waals surface area contributed by atoms with E-state index < -0.39 is 11.9 Å². The maximum atomic E-state index is 10.0. The van der Waals surface area contributed by atoms with E-state index in [1.54, 1.807) is 28.4 Å². The Morgan fingerprint density at radius 2 is 0.781 bits per heavy atom. The van der Waals surface area contributed by atoms with Crippen molar-refractivity contribution in [2.45, 2.75) is 51.4 Å². The Morgan fingerprint density at radius 1 is 0.531 bits per heavy atom. The van der Waals surface area contributed by atoms with Crippen molar-refractivity contribution in [2.24, 2.45) is 0 Å². The third kappa shape index (κ3) is 46.8. The Hall–Kier alpha value is -1.30. The van der Waals surface area contributed by atoms with Crippen LogP contribution in [-0.4, -0.2) is 93.0 Å². The zero-order valence-electron chi connectivity index (χ0n) is 20.7. The van der Waals surface area contributed by atoms with Gasteiger partial charge in [-0.3, -0.25) is 0 Å². The smallest absolute Gasteiger partial charge is 0.0993 e. The summed E-state index contributed by atoms with van der Waals surface area (Å²) in [6.07, 6.45) is 5.23. The topological polar surface area (TPSA) is 150 Å². The Balaban J connectivity index is -0.000000411. The van der Waals surface area contributed by atoms with Crippen molar-refractivity contribution in [3.8, 4) is 0 Å². The van der Waals surface area contributed by atoms with Crippen LogP contribution in [0.4, 0.5) is 0 Å². The molecule has 0 amide bonds. The molecule has 0 aromatic carbocycles. The van der Waals surface area contributed by atoms with Crippen LogP contribution in [0.2, 0.25) is 0 Å².